The van der Waals surface area contributed by atoms with Crippen molar-refractivity contribution in [2.45, 2.75) is 84.4 Å². The second-order valence-corrected chi connectivity index (χ2v) is 10.1. The van der Waals surface area contributed by atoms with Crippen molar-refractivity contribution in [3.63, 3.8) is 0 Å². The topological polar surface area (TPSA) is 121 Å². The molecule has 34 heavy (non-hydrogen) atoms. The zero-order chi connectivity index (χ0) is 25.6. The molecule has 2 aromatic rings. The van der Waals surface area contributed by atoms with Crippen molar-refractivity contribution in [2.75, 3.05) is 6.61 Å². The lowest BCUT2D eigenvalue weighted by molar-refractivity contribution is -0.149. The first-order chi connectivity index (χ1) is 15.9. The molecule has 0 fully saturated rings. The summed E-state index contributed by atoms with van der Waals surface area (Å²) in [5.41, 5.74) is 6.88. The summed E-state index contributed by atoms with van der Waals surface area (Å²) in [7, 11) is 0. The van der Waals surface area contributed by atoms with Crippen molar-refractivity contribution in [3.8, 4) is 0 Å². The van der Waals surface area contributed by atoms with E-state index in [0.29, 0.717) is 12.8 Å². The highest BCUT2D eigenvalue weighted by atomic mass is 16.4. The third-order valence-electron chi connectivity index (χ3n) is 6.88. The monoisotopic (exact) mass is 474 g/mol. The Morgan fingerprint density at radius 3 is 1.62 bits per heavy atom. The van der Waals surface area contributed by atoms with E-state index in [1.807, 2.05) is 26.0 Å². The van der Waals surface area contributed by atoms with Gasteiger partial charge in [-0.25, -0.2) is 0 Å². The summed E-state index contributed by atoms with van der Waals surface area (Å²) >= 11 is 0. The molecule has 6 nitrogen and oxygen atoms in total. The van der Waals surface area contributed by atoms with Gasteiger partial charge in [-0.15, -0.1) is 0 Å². The number of aryl methyl sites for hydroxylation is 4. The SMILES string of the molecule is Cc1ccc(C)c(CC(C)CC(Cc2cc(C)ccc2C)C(O)[C@@H](O)[C@@H](O)[C@H](O)[C@@H](O)CO)c1. The minimum atomic E-state index is -1.80. The van der Waals surface area contributed by atoms with Gasteiger partial charge in [-0.3, -0.25) is 0 Å². The van der Waals surface area contributed by atoms with Gasteiger partial charge in [-0.2, -0.15) is 0 Å². The zero-order valence-electron chi connectivity index (χ0n) is 21.0. The molecule has 0 heterocycles. The summed E-state index contributed by atoms with van der Waals surface area (Å²) in [5, 5.41) is 61.0. The zero-order valence-corrected chi connectivity index (χ0v) is 21.0. The Hall–Kier alpha value is -1.80. The van der Waals surface area contributed by atoms with Crippen molar-refractivity contribution < 1.29 is 30.6 Å². The van der Waals surface area contributed by atoms with Gasteiger partial charge >= 0.3 is 0 Å². The van der Waals surface area contributed by atoms with Crippen LogP contribution in [0.4, 0.5) is 0 Å². The molecule has 0 spiro atoms. The minimum Gasteiger partial charge on any atom is -0.394 e. The maximum absolute atomic E-state index is 11.1. The molecule has 0 amide bonds. The second-order valence-electron chi connectivity index (χ2n) is 10.1. The highest BCUT2D eigenvalue weighted by Gasteiger charge is 2.38. The molecule has 0 radical (unpaired) electrons. The average Bonchev–Trinajstić information content (AvgIpc) is 2.80. The van der Waals surface area contributed by atoms with Gasteiger partial charge in [0, 0.05) is 0 Å². The van der Waals surface area contributed by atoms with E-state index < -0.39 is 43.0 Å². The lowest BCUT2D eigenvalue weighted by Gasteiger charge is -2.34. The minimum absolute atomic E-state index is 0.183. The number of aliphatic hydroxyl groups excluding tert-OH is 6. The Morgan fingerprint density at radius 2 is 1.12 bits per heavy atom. The highest BCUT2D eigenvalue weighted by Crippen LogP contribution is 2.29. The van der Waals surface area contributed by atoms with Crippen LogP contribution in [0.25, 0.3) is 0 Å². The van der Waals surface area contributed by atoms with Crippen LogP contribution in [0, 0.1) is 39.5 Å². The number of rotatable bonds is 12. The number of aliphatic hydroxyl groups is 6. The molecule has 0 aliphatic carbocycles. The van der Waals surface area contributed by atoms with Crippen LogP contribution in [-0.2, 0) is 12.8 Å². The Labute approximate surface area is 203 Å². The molecule has 3 unspecified atom stereocenters. The van der Waals surface area contributed by atoms with Gasteiger partial charge in [0.15, 0.2) is 0 Å². The second kappa shape index (κ2) is 12.8. The van der Waals surface area contributed by atoms with E-state index in [1.165, 1.54) is 16.7 Å². The molecular formula is C28H42O6. The molecular weight excluding hydrogens is 432 g/mol. The van der Waals surface area contributed by atoms with Gasteiger partial charge in [0.2, 0.25) is 0 Å². The van der Waals surface area contributed by atoms with Gasteiger partial charge in [0.25, 0.3) is 0 Å². The summed E-state index contributed by atoms with van der Waals surface area (Å²) in [6, 6.07) is 12.5. The van der Waals surface area contributed by atoms with Crippen LogP contribution in [-0.4, -0.2) is 67.8 Å². The number of benzene rings is 2. The maximum Gasteiger partial charge on any atom is 0.111 e. The van der Waals surface area contributed by atoms with Gasteiger partial charge in [-0.1, -0.05) is 54.4 Å². The maximum atomic E-state index is 11.1. The fraction of sp³-hybridized carbons (Fsp3) is 0.571. The molecule has 0 aliphatic heterocycles. The fourth-order valence-corrected chi connectivity index (χ4v) is 4.66. The van der Waals surface area contributed by atoms with Crippen molar-refractivity contribution in [2.24, 2.45) is 11.8 Å². The van der Waals surface area contributed by atoms with Crippen molar-refractivity contribution in [3.05, 3.63) is 69.8 Å². The van der Waals surface area contributed by atoms with Crippen molar-refractivity contribution in [1.82, 2.24) is 0 Å². The summed E-state index contributed by atoms with van der Waals surface area (Å²) in [6.07, 6.45) is -6.31. The van der Waals surface area contributed by atoms with Gasteiger partial charge in [0.05, 0.1) is 12.7 Å². The molecule has 0 bridgehead atoms. The fourth-order valence-electron chi connectivity index (χ4n) is 4.66. The lowest BCUT2D eigenvalue weighted by Crippen LogP contribution is -2.52. The molecule has 0 saturated heterocycles. The van der Waals surface area contributed by atoms with Gasteiger partial charge in [-0.05, 0) is 81.0 Å². The van der Waals surface area contributed by atoms with Crippen LogP contribution in [0.2, 0.25) is 0 Å². The Morgan fingerprint density at radius 1 is 0.647 bits per heavy atom. The summed E-state index contributed by atoms with van der Waals surface area (Å²) in [4.78, 5) is 0. The molecule has 2 aromatic carbocycles. The number of hydrogen-bond acceptors (Lipinski definition) is 6. The molecule has 0 saturated carbocycles. The van der Waals surface area contributed by atoms with E-state index >= 15 is 0 Å². The Kier molecular flexibility index (Phi) is 10.7. The largest absolute Gasteiger partial charge is 0.394 e. The molecule has 190 valence electrons. The van der Waals surface area contributed by atoms with Crippen LogP contribution in [0.3, 0.4) is 0 Å². The van der Waals surface area contributed by atoms with Crippen LogP contribution in [0.1, 0.15) is 46.7 Å². The average molecular weight is 475 g/mol. The first-order valence-electron chi connectivity index (χ1n) is 12.1. The number of hydrogen-bond donors (Lipinski definition) is 6. The quantitative estimate of drug-likeness (QED) is 0.280. The van der Waals surface area contributed by atoms with E-state index in [0.717, 1.165) is 23.1 Å². The van der Waals surface area contributed by atoms with Gasteiger partial charge in [0.1, 0.15) is 24.4 Å². The molecule has 7 atom stereocenters. The van der Waals surface area contributed by atoms with Crippen LogP contribution >= 0.6 is 0 Å². The van der Waals surface area contributed by atoms with Crippen molar-refractivity contribution >= 4 is 0 Å². The lowest BCUT2D eigenvalue weighted by atomic mass is 9.79. The third-order valence-corrected chi connectivity index (χ3v) is 6.88. The van der Waals surface area contributed by atoms with Crippen LogP contribution in [0.5, 0.6) is 0 Å². The van der Waals surface area contributed by atoms with E-state index in [2.05, 4.69) is 45.0 Å². The first-order valence-corrected chi connectivity index (χ1v) is 12.1. The predicted molar refractivity (Wildman–Crippen MR) is 134 cm³/mol. The van der Waals surface area contributed by atoms with E-state index in [1.54, 1.807) is 0 Å². The van der Waals surface area contributed by atoms with Crippen LogP contribution in [0.15, 0.2) is 36.4 Å². The molecule has 0 aromatic heterocycles. The Balaban J connectivity index is 2.27. The summed E-state index contributed by atoms with van der Waals surface area (Å²) < 4.78 is 0. The Bertz CT molecular complexity index is 914. The van der Waals surface area contributed by atoms with Crippen LogP contribution < -0.4 is 0 Å². The smallest absolute Gasteiger partial charge is 0.111 e. The third kappa shape index (κ3) is 7.60. The standard InChI is InChI=1S/C28H42O6/c1-16-6-8-19(4)21(10-16)12-18(3)13-23(14-22-11-17(2)7-9-20(22)5)25(31)27(33)28(34)26(32)24(30)15-29/h6-11,18,23-34H,12-15H2,1-5H3/t18?,23?,24-,25?,26+,27+,28-/m0/s1. The molecule has 0 aliphatic rings. The molecule has 6 heteroatoms. The summed E-state index contributed by atoms with van der Waals surface area (Å²) in [6.45, 7) is 9.49. The van der Waals surface area contributed by atoms with Gasteiger partial charge < -0.3 is 30.6 Å². The molecule has 2 rings (SSSR count). The van der Waals surface area contributed by atoms with Crippen molar-refractivity contribution in [1.29, 1.82) is 0 Å². The van der Waals surface area contributed by atoms with E-state index in [4.69, 9.17) is 5.11 Å². The van der Waals surface area contributed by atoms with E-state index in [-0.39, 0.29) is 5.92 Å². The first kappa shape index (κ1) is 28.4. The normalized spacial score (nSPS) is 18.1. The molecule has 6 N–H and O–H groups in total. The van der Waals surface area contributed by atoms with E-state index in [9.17, 15) is 25.5 Å². The summed E-state index contributed by atoms with van der Waals surface area (Å²) in [5.74, 6) is -0.216. The highest BCUT2D eigenvalue weighted by molar-refractivity contribution is 5.32. The predicted octanol–water partition coefficient (Wildman–Crippen LogP) is 2.14.